The normalized spacial score (nSPS) is 15.9. The van der Waals surface area contributed by atoms with Crippen molar-refractivity contribution in [1.82, 2.24) is 10.3 Å². The first-order valence-corrected chi connectivity index (χ1v) is 8.39. The maximum Gasteiger partial charge on any atom is 0.161 e. The van der Waals surface area contributed by atoms with Gasteiger partial charge in [0.2, 0.25) is 0 Å². The summed E-state index contributed by atoms with van der Waals surface area (Å²) in [7, 11) is 5.02. The van der Waals surface area contributed by atoms with Gasteiger partial charge in [-0.05, 0) is 47.9 Å². The summed E-state index contributed by atoms with van der Waals surface area (Å²) < 4.78 is 16.2. The number of hydrogen-bond donors (Lipinski definition) is 2. The molecule has 0 amide bonds. The third kappa shape index (κ3) is 2.97. The van der Waals surface area contributed by atoms with Gasteiger partial charge in [0.25, 0.3) is 0 Å². The van der Waals surface area contributed by atoms with E-state index in [0.717, 1.165) is 41.3 Å². The van der Waals surface area contributed by atoms with Crippen LogP contribution in [0.5, 0.6) is 17.2 Å². The van der Waals surface area contributed by atoms with Crippen LogP contribution in [0.4, 0.5) is 0 Å². The Morgan fingerprint density at radius 2 is 1.73 bits per heavy atom. The second-order valence-corrected chi connectivity index (χ2v) is 6.18. The molecule has 2 N–H and O–H groups in total. The Balaban J connectivity index is 0.00000196. The number of fused-ring (bicyclic) bond motifs is 3. The van der Waals surface area contributed by atoms with Gasteiger partial charge in [-0.2, -0.15) is 0 Å². The molecule has 1 atom stereocenters. The minimum absolute atomic E-state index is 0. The molecule has 2 aromatic carbocycles. The Bertz CT molecular complexity index is 923. The van der Waals surface area contributed by atoms with E-state index in [1.165, 1.54) is 16.6 Å². The zero-order valence-electron chi connectivity index (χ0n) is 15.1. The van der Waals surface area contributed by atoms with Crippen molar-refractivity contribution in [3.63, 3.8) is 0 Å². The van der Waals surface area contributed by atoms with E-state index in [2.05, 4.69) is 28.5 Å². The SMILES string of the molecule is COc1ccc2[nH]c3c(c2c1)CCNC3c1ccc(OC)c(OC)c1.Cl. The van der Waals surface area contributed by atoms with Crippen LogP contribution in [0.2, 0.25) is 0 Å². The third-order valence-corrected chi connectivity index (χ3v) is 4.90. The number of nitrogens with one attached hydrogen (secondary N) is 2. The molecule has 0 saturated heterocycles. The average molecular weight is 375 g/mol. The molecule has 2 heterocycles. The lowest BCUT2D eigenvalue weighted by Crippen LogP contribution is -2.30. The Labute approximate surface area is 159 Å². The van der Waals surface area contributed by atoms with Crippen LogP contribution in [0, 0.1) is 0 Å². The molecule has 3 aromatic rings. The summed E-state index contributed by atoms with van der Waals surface area (Å²) in [5.41, 5.74) is 4.85. The maximum atomic E-state index is 5.47. The third-order valence-electron chi connectivity index (χ3n) is 4.90. The van der Waals surface area contributed by atoms with E-state index < -0.39 is 0 Å². The van der Waals surface area contributed by atoms with Crippen molar-refractivity contribution in [1.29, 1.82) is 0 Å². The van der Waals surface area contributed by atoms with Gasteiger partial charge in [0.05, 0.1) is 27.4 Å². The Morgan fingerprint density at radius 1 is 0.923 bits per heavy atom. The van der Waals surface area contributed by atoms with E-state index >= 15 is 0 Å². The number of methoxy groups -OCH3 is 3. The van der Waals surface area contributed by atoms with Crippen molar-refractivity contribution in [2.24, 2.45) is 0 Å². The van der Waals surface area contributed by atoms with Crippen LogP contribution >= 0.6 is 12.4 Å². The van der Waals surface area contributed by atoms with Crippen LogP contribution in [0.15, 0.2) is 36.4 Å². The van der Waals surface area contributed by atoms with E-state index in [-0.39, 0.29) is 18.4 Å². The van der Waals surface area contributed by atoms with Gasteiger partial charge in [-0.1, -0.05) is 6.07 Å². The standard InChI is InChI=1S/C20H22N2O3.ClH/c1-23-13-5-6-16-15(11-13)14-8-9-21-19(20(14)22-16)12-4-7-17(24-2)18(10-12)25-3;/h4-7,10-11,19,21-22H,8-9H2,1-3H3;1H. The molecule has 138 valence electrons. The second kappa shape index (κ2) is 7.48. The van der Waals surface area contributed by atoms with Crippen LogP contribution in [-0.4, -0.2) is 32.9 Å². The number of H-pyrrole nitrogens is 1. The summed E-state index contributed by atoms with van der Waals surface area (Å²) in [5, 5.41) is 4.85. The lowest BCUT2D eigenvalue weighted by atomic mass is 9.94. The second-order valence-electron chi connectivity index (χ2n) is 6.18. The summed E-state index contributed by atoms with van der Waals surface area (Å²) in [6, 6.07) is 12.4. The predicted octanol–water partition coefficient (Wildman–Crippen LogP) is 3.85. The molecule has 1 unspecified atom stereocenters. The molecule has 0 fully saturated rings. The fourth-order valence-corrected chi connectivity index (χ4v) is 3.65. The number of halogens is 1. The summed E-state index contributed by atoms with van der Waals surface area (Å²) in [6.07, 6.45) is 0.992. The highest BCUT2D eigenvalue weighted by Crippen LogP contribution is 2.37. The van der Waals surface area contributed by atoms with Crippen LogP contribution in [-0.2, 0) is 6.42 Å². The summed E-state index contributed by atoms with van der Waals surface area (Å²) >= 11 is 0. The number of aromatic amines is 1. The Morgan fingerprint density at radius 3 is 2.46 bits per heavy atom. The lowest BCUT2D eigenvalue weighted by molar-refractivity contribution is 0.354. The minimum Gasteiger partial charge on any atom is -0.497 e. The highest BCUT2D eigenvalue weighted by Gasteiger charge is 2.26. The molecule has 1 aromatic heterocycles. The molecule has 0 radical (unpaired) electrons. The quantitative estimate of drug-likeness (QED) is 0.728. The smallest absolute Gasteiger partial charge is 0.161 e. The molecular weight excluding hydrogens is 352 g/mol. The van der Waals surface area contributed by atoms with Crippen LogP contribution in [0.3, 0.4) is 0 Å². The van der Waals surface area contributed by atoms with Gasteiger partial charge in [-0.15, -0.1) is 12.4 Å². The first-order valence-electron chi connectivity index (χ1n) is 8.39. The van der Waals surface area contributed by atoms with Crippen LogP contribution in [0.1, 0.15) is 22.9 Å². The number of rotatable bonds is 4. The van der Waals surface area contributed by atoms with Gasteiger partial charge in [-0.25, -0.2) is 0 Å². The average Bonchev–Trinajstić information content (AvgIpc) is 3.05. The lowest BCUT2D eigenvalue weighted by Gasteiger charge is -2.25. The molecule has 6 heteroatoms. The zero-order valence-corrected chi connectivity index (χ0v) is 15.9. The molecular formula is C20H23ClN2O3. The van der Waals surface area contributed by atoms with Crippen molar-refractivity contribution >= 4 is 23.3 Å². The van der Waals surface area contributed by atoms with Gasteiger partial charge < -0.3 is 24.5 Å². The first kappa shape index (κ1) is 18.4. The van der Waals surface area contributed by atoms with Gasteiger partial charge in [-0.3, -0.25) is 0 Å². The van der Waals surface area contributed by atoms with E-state index in [1.807, 2.05) is 18.2 Å². The molecule has 4 rings (SSSR count). The van der Waals surface area contributed by atoms with Crippen molar-refractivity contribution < 1.29 is 14.2 Å². The molecule has 1 aliphatic rings. The Kier molecular flexibility index (Phi) is 5.30. The molecule has 26 heavy (non-hydrogen) atoms. The van der Waals surface area contributed by atoms with E-state index in [9.17, 15) is 0 Å². The molecule has 0 spiro atoms. The molecule has 5 nitrogen and oxygen atoms in total. The zero-order chi connectivity index (χ0) is 17.4. The first-order chi connectivity index (χ1) is 12.2. The number of ether oxygens (including phenoxy) is 3. The summed E-state index contributed by atoms with van der Waals surface area (Å²) in [4.78, 5) is 3.59. The van der Waals surface area contributed by atoms with Crippen molar-refractivity contribution in [2.45, 2.75) is 12.5 Å². The van der Waals surface area contributed by atoms with Crippen molar-refractivity contribution in [3.8, 4) is 17.2 Å². The number of aromatic nitrogens is 1. The van der Waals surface area contributed by atoms with E-state index in [0.29, 0.717) is 0 Å². The minimum atomic E-state index is 0. The summed E-state index contributed by atoms with van der Waals surface area (Å²) in [6.45, 7) is 0.927. The maximum absolute atomic E-state index is 5.47. The van der Waals surface area contributed by atoms with Gasteiger partial charge in [0, 0.05) is 23.1 Å². The van der Waals surface area contributed by atoms with Crippen molar-refractivity contribution in [2.75, 3.05) is 27.9 Å². The number of hydrogen-bond acceptors (Lipinski definition) is 4. The Hall–Kier alpha value is -2.37. The monoisotopic (exact) mass is 374 g/mol. The predicted molar refractivity (Wildman–Crippen MR) is 105 cm³/mol. The van der Waals surface area contributed by atoms with Gasteiger partial charge in [0.15, 0.2) is 11.5 Å². The molecule has 0 aliphatic carbocycles. The highest BCUT2D eigenvalue weighted by molar-refractivity contribution is 5.86. The van der Waals surface area contributed by atoms with E-state index in [1.54, 1.807) is 21.3 Å². The molecule has 0 bridgehead atoms. The molecule has 0 saturated carbocycles. The number of benzene rings is 2. The van der Waals surface area contributed by atoms with Crippen molar-refractivity contribution in [3.05, 3.63) is 53.2 Å². The van der Waals surface area contributed by atoms with Crippen LogP contribution in [0.25, 0.3) is 10.9 Å². The van der Waals surface area contributed by atoms with Crippen LogP contribution < -0.4 is 19.5 Å². The summed E-state index contributed by atoms with van der Waals surface area (Å²) in [5.74, 6) is 2.37. The fraction of sp³-hybridized carbons (Fsp3) is 0.300. The van der Waals surface area contributed by atoms with Gasteiger partial charge >= 0.3 is 0 Å². The molecule has 1 aliphatic heterocycles. The topological polar surface area (TPSA) is 55.5 Å². The highest BCUT2D eigenvalue weighted by atomic mass is 35.5. The van der Waals surface area contributed by atoms with E-state index in [4.69, 9.17) is 14.2 Å². The fourth-order valence-electron chi connectivity index (χ4n) is 3.65. The van der Waals surface area contributed by atoms with Gasteiger partial charge in [0.1, 0.15) is 5.75 Å². The largest absolute Gasteiger partial charge is 0.497 e.